The normalized spacial score (nSPS) is 18.9. The number of hydrogen-bond acceptors (Lipinski definition) is 5. The number of sulfonamides is 1. The maximum absolute atomic E-state index is 12.5. The van der Waals surface area contributed by atoms with E-state index in [0.717, 1.165) is 11.3 Å². The molecule has 0 radical (unpaired) electrons. The molecule has 0 saturated carbocycles. The van der Waals surface area contributed by atoms with E-state index < -0.39 is 10.0 Å². The average Bonchev–Trinajstić information content (AvgIpc) is 3.03. The molecule has 6 nitrogen and oxygen atoms in total. The maximum atomic E-state index is 12.5. The zero-order valence-electron chi connectivity index (χ0n) is 13.6. The molecule has 2 heterocycles. The van der Waals surface area contributed by atoms with E-state index in [1.165, 1.54) is 21.9 Å². The monoisotopic (exact) mass is 399 g/mol. The van der Waals surface area contributed by atoms with Crippen LogP contribution in [0.25, 0.3) is 11.3 Å². The van der Waals surface area contributed by atoms with Gasteiger partial charge in [-0.2, -0.15) is 0 Å². The van der Waals surface area contributed by atoms with Crippen LogP contribution in [-0.2, 0) is 14.8 Å². The van der Waals surface area contributed by atoms with E-state index in [4.69, 9.17) is 11.6 Å². The fourth-order valence-electron chi connectivity index (χ4n) is 2.78. The molecule has 134 valence electrons. The molecule has 0 bridgehead atoms. The highest BCUT2D eigenvalue weighted by atomic mass is 35.5. The van der Waals surface area contributed by atoms with Gasteiger partial charge in [0.15, 0.2) is 5.13 Å². The zero-order chi connectivity index (χ0) is 18.0. The van der Waals surface area contributed by atoms with Crippen LogP contribution in [0.5, 0.6) is 0 Å². The third kappa shape index (κ3) is 4.58. The van der Waals surface area contributed by atoms with Gasteiger partial charge in [0.25, 0.3) is 0 Å². The molecule has 1 aromatic carbocycles. The second-order valence-corrected chi connectivity index (χ2v) is 9.27. The number of amides is 1. The standard InChI is InChI=1S/C16H18ClN3O3S2/c1-25(22,23)20-7-3-5-12(9-20)15(21)19-16-18-14(10-24-16)11-4-2-6-13(17)8-11/h2,4,6,8,10,12H,3,5,7,9H2,1H3,(H,18,19,21)/t12-/m0/s1. The number of carbonyl (C=O) groups excluding carboxylic acids is 1. The Morgan fingerprint density at radius 2 is 2.24 bits per heavy atom. The number of halogens is 1. The molecule has 1 aliphatic heterocycles. The first kappa shape index (κ1) is 18.3. The molecule has 1 fully saturated rings. The Hall–Kier alpha value is -1.48. The fourth-order valence-corrected chi connectivity index (χ4v) is 4.60. The number of carbonyl (C=O) groups is 1. The number of anilines is 1. The Labute approximate surface area is 155 Å². The van der Waals surface area contributed by atoms with Crippen molar-refractivity contribution in [2.45, 2.75) is 12.8 Å². The molecule has 2 aromatic rings. The first-order valence-corrected chi connectivity index (χ1v) is 10.9. The Kier molecular flexibility index (Phi) is 5.43. The largest absolute Gasteiger partial charge is 0.302 e. The van der Waals surface area contributed by atoms with E-state index in [0.29, 0.717) is 29.5 Å². The summed E-state index contributed by atoms with van der Waals surface area (Å²) in [5, 5.41) is 5.78. The average molecular weight is 400 g/mol. The van der Waals surface area contributed by atoms with Crippen molar-refractivity contribution in [1.29, 1.82) is 0 Å². The molecule has 0 aliphatic carbocycles. The van der Waals surface area contributed by atoms with Gasteiger partial charge in [0.2, 0.25) is 15.9 Å². The minimum Gasteiger partial charge on any atom is -0.302 e. The highest BCUT2D eigenvalue weighted by Gasteiger charge is 2.30. The van der Waals surface area contributed by atoms with E-state index in [1.807, 2.05) is 23.6 Å². The van der Waals surface area contributed by atoms with E-state index in [2.05, 4.69) is 10.3 Å². The number of benzene rings is 1. The summed E-state index contributed by atoms with van der Waals surface area (Å²) in [5.41, 5.74) is 1.62. The smallest absolute Gasteiger partial charge is 0.230 e. The minimum atomic E-state index is -3.27. The van der Waals surface area contributed by atoms with Gasteiger partial charge in [0.1, 0.15) is 0 Å². The Morgan fingerprint density at radius 3 is 2.96 bits per heavy atom. The van der Waals surface area contributed by atoms with Crippen LogP contribution in [0.3, 0.4) is 0 Å². The van der Waals surface area contributed by atoms with Gasteiger partial charge < -0.3 is 5.32 Å². The molecule has 0 unspecified atom stereocenters. The van der Waals surface area contributed by atoms with Gasteiger partial charge in [-0.25, -0.2) is 17.7 Å². The summed E-state index contributed by atoms with van der Waals surface area (Å²) in [6, 6.07) is 7.35. The van der Waals surface area contributed by atoms with Crippen LogP contribution in [0.2, 0.25) is 5.02 Å². The van der Waals surface area contributed by atoms with Gasteiger partial charge in [0.05, 0.1) is 17.9 Å². The molecule has 1 atom stereocenters. The summed E-state index contributed by atoms with van der Waals surface area (Å²) < 4.78 is 24.7. The number of rotatable bonds is 4. The SMILES string of the molecule is CS(=O)(=O)N1CCC[C@H](C(=O)Nc2nc(-c3cccc(Cl)c3)cs2)C1. The van der Waals surface area contributed by atoms with E-state index >= 15 is 0 Å². The second-order valence-electron chi connectivity index (χ2n) is 6.00. The summed E-state index contributed by atoms with van der Waals surface area (Å²) in [6.07, 6.45) is 2.52. The van der Waals surface area contributed by atoms with Gasteiger partial charge in [0, 0.05) is 29.1 Å². The predicted molar refractivity (Wildman–Crippen MR) is 100 cm³/mol. The lowest BCUT2D eigenvalue weighted by atomic mass is 9.99. The predicted octanol–water partition coefficient (Wildman–Crippen LogP) is 3.07. The number of aromatic nitrogens is 1. The van der Waals surface area contributed by atoms with E-state index in [9.17, 15) is 13.2 Å². The van der Waals surface area contributed by atoms with Crippen LogP contribution < -0.4 is 5.32 Å². The lowest BCUT2D eigenvalue weighted by Gasteiger charge is -2.29. The van der Waals surface area contributed by atoms with Crippen molar-refractivity contribution in [2.75, 3.05) is 24.7 Å². The van der Waals surface area contributed by atoms with Crippen LogP contribution in [-0.4, -0.2) is 43.0 Å². The van der Waals surface area contributed by atoms with Crippen molar-refractivity contribution in [3.63, 3.8) is 0 Å². The summed E-state index contributed by atoms with van der Waals surface area (Å²) in [5.74, 6) is -0.553. The third-order valence-electron chi connectivity index (χ3n) is 4.08. The highest BCUT2D eigenvalue weighted by molar-refractivity contribution is 7.88. The number of thiazole rings is 1. The van der Waals surface area contributed by atoms with Crippen LogP contribution in [0, 0.1) is 5.92 Å². The van der Waals surface area contributed by atoms with Crippen molar-refractivity contribution >= 4 is 44.0 Å². The Balaban J connectivity index is 1.67. The fraction of sp³-hybridized carbons (Fsp3) is 0.375. The topological polar surface area (TPSA) is 79.4 Å². The number of nitrogens with one attached hydrogen (secondary N) is 1. The van der Waals surface area contributed by atoms with Crippen LogP contribution in [0.4, 0.5) is 5.13 Å². The van der Waals surface area contributed by atoms with Crippen LogP contribution >= 0.6 is 22.9 Å². The van der Waals surface area contributed by atoms with Gasteiger partial charge in [-0.3, -0.25) is 4.79 Å². The second kappa shape index (κ2) is 7.41. The summed E-state index contributed by atoms with van der Waals surface area (Å²) in [7, 11) is -3.27. The first-order valence-electron chi connectivity index (χ1n) is 7.80. The Bertz CT molecular complexity index is 882. The maximum Gasteiger partial charge on any atom is 0.230 e. The van der Waals surface area contributed by atoms with Gasteiger partial charge >= 0.3 is 0 Å². The van der Waals surface area contributed by atoms with Gasteiger partial charge in [-0.1, -0.05) is 23.7 Å². The van der Waals surface area contributed by atoms with Crippen LogP contribution in [0.1, 0.15) is 12.8 Å². The first-order chi connectivity index (χ1) is 11.8. The number of piperidine rings is 1. The molecule has 1 aromatic heterocycles. The number of hydrogen-bond donors (Lipinski definition) is 1. The molecule has 3 rings (SSSR count). The summed E-state index contributed by atoms with van der Waals surface area (Å²) in [4.78, 5) is 16.9. The van der Waals surface area contributed by atoms with Crippen molar-refractivity contribution in [2.24, 2.45) is 5.92 Å². The quantitative estimate of drug-likeness (QED) is 0.856. The molecular formula is C16H18ClN3O3S2. The van der Waals surface area contributed by atoms with Gasteiger partial charge in [-0.05, 0) is 25.0 Å². The minimum absolute atomic E-state index is 0.194. The molecular weight excluding hydrogens is 382 g/mol. The number of nitrogens with zero attached hydrogens (tertiary/aromatic N) is 2. The molecule has 1 saturated heterocycles. The molecule has 9 heteroatoms. The molecule has 1 N–H and O–H groups in total. The zero-order valence-corrected chi connectivity index (χ0v) is 16.0. The van der Waals surface area contributed by atoms with Crippen molar-refractivity contribution in [1.82, 2.24) is 9.29 Å². The molecule has 1 amide bonds. The van der Waals surface area contributed by atoms with E-state index in [-0.39, 0.29) is 18.4 Å². The molecule has 1 aliphatic rings. The summed E-state index contributed by atoms with van der Waals surface area (Å²) in [6.45, 7) is 0.690. The van der Waals surface area contributed by atoms with Crippen molar-refractivity contribution < 1.29 is 13.2 Å². The van der Waals surface area contributed by atoms with Crippen molar-refractivity contribution in [3.8, 4) is 11.3 Å². The lowest BCUT2D eigenvalue weighted by molar-refractivity contribution is -0.120. The Morgan fingerprint density at radius 1 is 1.44 bits per heavy atom. The van der Waals surface area contributed by atoms with Crippen LogP contribution in [0.15, 0.2) is 29.6 Å². The lowest BCUT2D eigenvalue weighted by Crippen LogP contribution is -2.43. The van der Waals surface area contributed by atoms with E-state index in [1.54, 1.807) is 6.07 Å². The molecule has 0 spiro atoms. The molecule has 25 heavy (non-hydrogen) atoms. The van der Waals surface area contributed by atoms with Gasteiger partial charge in [-0.15, -0.1) is 11.3 Å². The van der Waals surface area contributed by atoms with Crippen molar-refractivity contribution in [3.05, 3.63) is 34.7 Å². The summed E-state index contributed by atoms with van der Waals surface area (Å²) >= 11 is 7.32. The third-order valence-corrected chi connectivity index (χ3v) is 6.34. The highest BCUT2D eigenvalue weighted by Crippen LogP contribution is 2.28.